The summed E-state index contributed by atoms with van der Waals surface area (Å²) in [6, 6.07) is 3.39. The smallest absolute Gasteiger partial charge is 0.270 e. The summed E-state index contributed by atoms with van der Waals surface area (Å²) < 4.78 is 11.5. The maximum atomic E-state index is 13.2. The van der Waals surface area contributed by atoms with Crippen molar-refractivity contribution in [3.63, 3.8) is 0 Å². The van der Waals surface area contributed by atoms with E-state index in [2.05, 4.69) is 9.98 Å². The molecule has 0 bridgehead atoms. The molecule has 33 heavy (non-hydrogen) atoms. The van der Waals surface area contributed by atoms with Gasteiger partial charge in [0.25, 0.3) is 5.91 Å². The van der Waals surface area contributed by atoms with Gasteiger partial charge in [-0.1, -0.05) is 55.5 Å². The highest BCUT2D eigenvalue weighted by atomic mass is 35.5. The second-order valence-corrected chi connectivity index (χ2v) is 11.0. The molecule has 0 spiro atoms. The number of amides is 1. The predicted octanol–water partition coefficient (Wildman–Crippen LogP) is 5.68. The molecule has 2 aliphatic heterocycles. The summed E-state index contributed by atoms with van der Waals surface area (Å²) in [7, 11) is 3.20. The van der Waals surface area contributed by atoms with Gasteiger partial charge in [0.2, 0.25) is 0 Å². The molecular formula is C23H25ClN4O3S2. The number of benzene rings is 1. The SMILES string of the molecule is COc1cc2c(cc1OC)C1=NC(=O)C(CC3CCCCC3)N1C(SCc1cnc(Cl)s1)=N2. The van der Waals surface area contributed by atoms with E-state index in [1.165, 1.54) is 43.4 Å². The number of aromatic nitrogens is 1. The van der Waals surface area contributed by atoms with Gasteiger partial charge in [-0.15, -0.1) is 11.3 Å². The Balaban J connectivity index is 1.51. The van der Waals surface area contributed by atoms with Crippen LogP contribution in [0.15, 0.2) is 28.3 Å². The lowest BCUT2D eigenvalue weighted by Gasteiger charge is -2.33. The number of hydrogen-bond donors (Lipinski definition) is 0. The van der Waals surface area contributed by atoms with E-state index in [1.54, 1.807) is 32.2 Å². The van der Waals surface area contributed by atoms with Crippen LogP contribution in [0, 0.1) is 5.92 Å². The van der Waals surface area contributed by atoms with Crippen molar-refractivity contribution in [1.82, 2.24) is 9.88 Å². The summed E-state index contributed by atoms with van der Waals surface area (Å²) in [5.74, 6) is 2.95. The molecule has 10 heteroatoms. The Labute approximate surface area is 206 Å². The Bertz CT molecular complexity index is 1130. The van der Waals surface area contributed by atoms with Crippen molar-refractivity contribution in [3.05, 3.63) is 33.2 Å². The van der Waals surface area contributed by atoms with E-state index < -0.39 is 0 Å². The molecule has 1 fully saturated rings. The fourth-order valence-electron chi connectivity index (χ4n) is 4.73. The van der Waals surface area contributed by atoms with Gasteiger partial charge in [-0.05, 0) is 18.4 Å². The third kappa shape index (κ3) is 4.50. The zero-order valence-electron chi connectivity index (χ0n) is 18.5. The van der Waals surface area contributed by atoms with Crippen molar-refractivity contribution in [2.45, 2.75) is 50.3 Å². The number of halogens is 1. The average Bonchev–Trinajstić information content (AvgIpc) is 3.40. The van der Waals surface area contributed by atoms with Gasteiger partial charge in [-0.2, -0.15) is 4.99 Å². The van der Waals surface area contributed by atoms with E-state index in [9.17, 15) is 4.79 Å². The molecular weight excluding hydrogens is 480 g/mol. The molecule has 5 rings (SSSR count). The van der Waals surface area contributed by atoms with Crippen molar-refractivity contribution in [2.75, 3.05) is 14.2 Å². The van der Waals surface area contributed by atoms with Crippen LogP contribution >= 0.6 is 34.7 Å². The van der Waals surface area contributed by atoms with Crippen molar-refractivity contribution in [1.29, 1.82) is 0 Å². The first-order valence-electron chi connectivity index (χ1n) is 11.1. The number of aliphatic imine (C=N–C) groups is 2. The number of nitrogens with zero attached hydrogens (tertiary/aromatic N) is 4. The maximum Gasteiger partial charge on any atom is 0.270 e. The van der Waals surface area contributed by atoms with Crippen molar-refractivity contribution >= 4 is 57.3 Å². The molecule has 3 aliphatic rings. The van der Waals surface area contributed by atoms with E-state index in [1.807, 2.05) is 17.0 Å². The molecule has 1 amide bonds. The molecule has 0 N–H and O–H groups in total. The fraction of sp³-hybridized carbons (Fsp3) is 0.478. The summed E-state index contributed by atoms with van der Waals surface area (Å²) in [5, 5.41) is 0.768. The van der Waals surface area contributed by atoms with E-state index in [0.717, 1.165) is 27.7 Å². The number of fused-ring (bicyclic) bond motifs is 3. The summed E-state index contributed by atoms with van der Waals surface area (Å²) in [5.41, 5.74) is 1.51. The number of amidine groups is 2. The van der Waals surface area contributed by atoms with Crippen LogP contribution in [0.4, 0.5) is 5.69 Å². The molecule has 1 aromatic heterocycles. The number of carbonyl (C=O) groups is 1. The highest BCUT2D eigenvalue weighted by Gasteiger charge is 2.43. The van der Waals surface area contributed by atoms with Crippen LogP contribution in [0.1, 0.15) is 49.0 Å². The Kier molecular flexibility index (Phi) is 6.62. The van der Waals surface area contributed by atoms with Crippen LogP contribution in [0.2, 0.25) is 4.47 Å². The Morgan fingerprint density at radius 3 is 2.61 bits per heavy atom. The Morgan fingerprint density at radius 2 is 1.91 bits per heavy atom. The second kappa shape index (κ2) is 9.64. The van der Waals surface area contributed by atoms with E-state index >= 15 is 0 Å². The summed E-state index contributed by atoms with van der Waals surface area (Å²) in [6.07, 6.45) is 8.70. The number of rotatable bonds is 6. The number of thioether (sulfide) groups is 1. The minimum absolute atomic E-state index is 0.0904. The molecule has 1 aliphatic carbocycles. The summed E-state index contributed by atoms with van der Waals surface area (Å²) in [6.45, 7) is 0. The molecule has 1 saturated carbocycles. The standard InChI is InChI=1S/C23H25ClN4O3S2/c1-30-18-9-15-16(10-19(18)31-2)26-23(32-12-14-11-25-22(24)33-14)28-17(21(29)27-20(15)28)8-13-6-4-3-5-7-13/h9-11,13,17H,3-8,12H2,1-2H3. The molecule has 174 valence electrons. The van der Waals surface area contributed by atoms with E-state index in [0.29, 0.717) is 33.5 Å². The van der Waals surface area contributed by atoms with Crippen LogP contribution in [-0.2, 0) is 10.5 Å². The molecule has 1 aromatic carbocycles. The molecule has 0 saturated heterocycles. The van der Waals surface area contributed by atoms with E-state index in [4.69, 9.17) is 26.1 Å². The third-order valence-electron chi connectivity index (χ3n) is 6.36. The fourth-order valence-corrected chi connectivity index (χ4v) is 6.78. The molecule has 2 aromatic rings. The first-order valence-corrected chi connectivity index (χ1v) is 13.2. The quantitative estimate of drug-likeness (QED) is 0.504. The van der Waals surface area contributed by atoms with Gasteiger partial charge < -0.3 is 9.47 Å². The zero-order chi connectivity index (χ0) is 22.9. The lowest BCUT2D eigenvalue weighted by molar-refractivity contribution is -0.120. The largest absolute Gasteiger partial charge is 0.493 e. The molecule has 7 nitrogen and oxygen atoms in total. The second-order valence-electron chi connectivity index (χ2n) is 8.39. The van der Waals surface area contributed by atoms with E-state index in [-0.39, 0.29) is 11.9 Å². The summed E-state index contributed by atoms with van der Waals surface area (Å²) in [4.78, 5) is 29.9. The zero-order valence-corrected chi connectivity index (χ0v) is 20.9. The van der Waals surface area contributed by atoms with Crippen LogP contribution < -0.4 is 9.47 Å². The molecule has 1 atom stereocenters. The number of thiazole rings is 1. The Hall–Kier alpha value is -2.10. The lowest BCUT2D eigenvalue weighted by Crippen LogP contribution is -2.44. The Morgan fingerprint density at radius 1 is 1.15 bits per heavy atom. The highest BCUT2D eigenvalue weighted by Crippen LogP contribution is 2.42. The van der Waals surface area contributed by atoms with Crippen LogP contribution in [0.5, 0.6) is 11.5 Å². The normalized spacial score (nSPS) is 20.3. The number of carbonyl (C=O) groups excluding carboxylic acids is 1. The first kappa shape index (κ1) is 22.7. The number of ether oxygens (including phenoxy) is 2. The van der Waals surface area contributed by atoms with Gasteiger partial charge >= 0.3 is 0 Å². The van der Waals surface area contributed by atoms with Crippen molar-refractivity contribution in [2.24, 2.45) is 15.9 Å². The van der Waals surface area contributed by atoms with Crippen molar-refractivity contribution in [3.8, 4) is 11.5 Å². The average molecular weight is 505 g/mol. The topological polar surface area (TPSA) is 76.4 Å². The predicted molar refractivity (Wildman–Crippen MR) is 133 cm³/mol. The lowest BCUT2D eigenvalue weighted by atomic mass is 9.84. The molecule has 3 heterocycles. The highest BCUT2D eigenvalue weighted by molar-refractivity contribution is 8.13. The molecule has 1 unspecified atom stereocenters. The van der Waals surface area contributed by atoms with Crippen LogP contribution in [0.3, 0.4) is 0 Å². The van der Waals surface area contributed by atoms with Gasteiger partial charge in [-0.25, -0.2) is 9.98 Å². The maximum absolute atomic E-state index is 13.2. The van der Waals surface area contributed by atoms with Gasteiger partial charge in [0.1, 0.15) is 11.9 Å². The van der Waals surface area contributed by atoms with Gasteiger partial charge in [-0.3, -0.25) is 9.69 Å². The van der Waals surface area contributed by atoms with Crippen LogP contribution in [-0.4, -0.2) is 47.1 Å². The minimum Gasteiger partial charge on any atom is -0.493 e. The van der Waals surface area contributed by atoms with Crippen molar-refractivity contribution < 1.29 is 14.3 Å². The summed E-state index contributed by atoms with van der Waals surface area (Å²) >= 11 is 9.05. The monoisotopic (exact) mass is 504 g/mol. The molecule has 0 radical (unpaired) electrons. The number of hydrogen-bond acceptors (Lipinski definition) is 8. The van der Waals surface area contributed by atoms with Crippen LogP contribution in [0.25, 0.3) is 0 Å². The van der Waals surface area contributed by atoms with Gasteiger partial charge in [0.05, 0.1) is 19.9 Å². The number of methoxy groups -OCH3 is 2. The third-order valence-corrected chi connectivity index (χ3v) is 8.66. The van der Waals surface area contributed by atoms with Gasteiger partial charge in [0, 0.05) is 28.5 Å². The minimum atomic E-state index is -0.319. The first-order chi connectivity index (χ1) is 16.1. The van der Waals surface area contributed by atoms with Gasteiger partial charge in [0.15, 0.2) is 21.1 Å².